The van der Waals surface area contributed by atoms with E-state index in [0.29, 0.717) is 42.8 Å². The number of halogens is 2. The van der Waals surface area contributed by atoms with E-state index in [1.165, 1.54) is 0 Å². The van der Waals surface area contributed by atoms with Crippen LogP contribution in [0.2, 0.25) is 5.02 Å². The molecule has 7 heteroatoms. The lowest BCUT2D eigenvalue weighted by Crippen LogP contribution is -2.49. The van der Waals surface area contributed by atoms with Crippen LogP contribution in [0.4, 0.5) is 10.5 Å². The molecule has 3 rings (SSSR count). The molecule has 1 aliphatic heterocycles. The first kappa shape index (κ1) is 22.8. The van der Waals surface area contributed by atoms with Crippen molar-refractivity contribution in [3.63, 3.8) is 0 Å². The van der Waals surface area contributed by atoms with Crippen LogP contribution < -0.4 is 14.4 Å². The third-order valence-electron chi connectivity index (χ3n) is 5.15. The van der Waals surface area contributed by atoms with E-state index in [2.05, 4.69) is 22.9 Å². The number of rotatable bonds is 9. The fourth-order valence-corrected chi connectivity index (χ4v) is 4.24. The zero-order chi connectivity index (χ0) is 21.5. The number of carbonyl (C=O) groups excluding carboxylic acids is 1. The van der Waals surface area contributed by atoms with E-state index in [4.69, 9.17) is 21.1 Å². The normalized spacial score (nSPS) is 14.2. The van der Waals surface area contributed by atoms with Gasteiger partial charge < -0.3 is 14.4 Å². The summed E-state index contributed by atoms with van der Waals surface area (Å²) in [6.07, 6.45) is 4.15. The van der Waals surface area contributed by atoms with Crippen LogP contribution in [0.1, 0.15) is 38.2 Å². The van der Waals surface area contributed by atoms with Gasteiger partial charge in [0.1, 0.15) is 0 Å². The summed E-state index contributed by atoms with van der Waals surface area (Å²) in [4.78, 5) is 16.8. The van der Waals surface area contributed by atoms with Crippen LogP contribution in [0, 0.1) is 0 Å². The Bertz CT molecular complexity index is 878. The van der Waals surface area contributed by atoms with Gasteiger partial charge in [-0.25, -0.2) is 4.79 Å². The number of amides is 2. The first-order chi connectivity index (χ1) is 14.5. The Morgan fingerprint density at radius 1 is 1.10 bits per heavy atom. The van der Waals surface area contributed by atoms with Crippen molar-refractivity contribution >= 4 is 39.2 Å². The van der Waals surface area contributed by atoms with E-state index in [-0.39, 0.29) is 6.03 Å². The number of unbranched alkanes of at least 4 members (excludes halogenated alkanes) is 2. The van der Waals surface area contributed by atoms with Gasteiger partial charge in [0.2, 0.25) is 0 Å². The van der Waals surface area contributed by atoms with E-state index in [1.807, 2.05) is 41.3 Å². The van der Waals surface area contributed by atoms with Crippen molar-refractivity contribution in [2.75, 3.05) is 31.7 Å². The van der Waals surface area contributed by atoms with Gasteiger partial charge in [-0.1, -0.05) is 53.4 Å². The highest BCUT2D eigenvalue weighted by molar-refractivity contribution is 9.10. The van der Waals surface area contributed by atoms with E-state index < -0.39 is 0 Å². The van der Waals surface area contributed by atoms with Crippen molar-refractivity contribution in [2.24, 2.45) is 0 Å². The molecule has 30 heavy (non-hydrogen) atoms. The number of methoxy groups -OCH3 is 1. The fraction of sp³-hybridized carbons (Fsp3) is 0.435. The van der Waals surface area contributed by atoms with E-state index in [9.17, 15) is 4.79 Å². The summed E-state index contributed by atoms with van der Waals surface area (Å²) in [6.45, 7) is 4.66. The minimum Gasteiger partial charge on any atom is -0.493 e. The molecule has 0 aromatic heterocycles. The third kappa shape index (κ3) is 5.61. The highest BCUT2D eigenvalue weighted by Gasteiger charge is 2.28. The molecule has 0 saturated carbocycles. The number of hydrogen-bond acceptors (Lipinski definition) is 3. The maximum Gasteiger partial charge on any atom is 0.324 e. The van der Waals surface area contributed by atoms with Crippen LogP contribution in [0.3, 0.4) is 0 Å². The van der Waals surface area contributed by atoms with Crippen LogP contribution >= 0.6 is 27.5 Å². The predicted octanol–water partition coefficient (Wildman–Crippen LogP) is 6.51. The van der Waals surface area contributed by atoms with Crippen molar-refractivity contribution < 1.29 is 14.3 Å². The van der Waals surface area contributed by atoms with Crippen molar-refractivity contribution in [2.45, 2.75) is 39.2 Å². The number of anilines is 1. The standard InChI is InChI=1S/C23H28BrClN2O3/c1-3-4-5-13-30-22-15-19(9-10-21(22)29-2)27-12-6-11-26(23(27)28)16-17-7-8-18(24)14-20(17)25/h7-10,14-15H,3-6,11-13,16H2,1-2H3. The largest absolute Gasteiger partial charge is 0.493 e. The quantitative estimate of drug-likeness (QED) is 0.372. The van der Waals surface area contributed by atoms with Crippen LogP contribution in [0.25, 0.3) is 0 Å². The lowest BCUT2D eigenvalue weighted by atomic mass is 10.1. The summed E-state index contributed by atoms with van der Waals surface area (Å²) >= 11 is 9.79. The van der Waals surface area contributed by atoms with Gasteiger partial charge in [0.05, 0.1) is 13.7 Å². The Kier molecular flexibility index (Phi) is 8.28. The molecular weight excluding hydrogens is 468 g/mol. The highest BCUT2D eigenvalue weighted by Crippen LogP contribution is 2.34. The Hall–Kier alpha value is -1.92. The third-order valence-corrected chi connectivity index (χ3v) is 6.00. The number of nitrogens with zero attached hydrogens (tertiary/aromatic N) is 2. The molecule has 1 fully saturated rings. The van der Waals surface area contributed by atoms with Gasteiger partial charge in [0.25, 0.3) is 0 Å². The minimum absolute atomic E-state index is 0.0256. The molecule has 1 aliphatic rings. The molecule has 162 valence electrons. The van der Waals surface area contributed by atoms with Gasteiger partial charge in [-0.2, -0.15) is 0 Å². The number of ether oxygens (including phenoxy) is 2. The Balaban J connectivity index is 1.75. The molecule has 5 nitrogen and oxygen atoms in total. The number of benzene rings is 2. The number of hydrogen-bond donors (Lipinski definition) is 0. The number of carbonyl (C=O) groups is 1. The van der Waals surface area contributed by atoms with E-state index in [0.717, 1.165) is 41.4 Å². The van der Waals surface area contributed by atoms with E-state index >= 15 is 0 Å². The van der Waals surface area contributed by atoms with Crippen molar-refractivity contribution in [1.29, 1.82) is 0 Å². The molecule has 0 unspecified atom stereocenters. The minimum atomic E-state index is -0.0256. The van der Waals surface area contributed by atoms with Crippen molar-refractivity contribution in [3.8, 4) is 11.5 Å². The molecule has 0 radical (unpaired) electrons. The topological polar surface area (TPSA) is 42.0 Å². The molecule has 0 bridgehead atoms. The van der Waals surface area contributed by atoms with Gasteiger partial charge in [0, 0.05) is 40.9 Å². The second-order valence-corrected chi connectivity index (χ2v) is 8.66. The molecule has 1 saturated heterocycles. The second-order valence-electron chi connectivity index (χ2n) is 7.34. The molecule has 2 amide bonds. The van der Waals surface area contributed by atoms with Crippen LogP contribution in [0.5, 0.6) is 11.5 Å². The summed E-state index contributed by atoms with van der Waals surface area (Å²) < 4.78 is 12.3. The predicted molar refractivity (Wildman–Crippen MR) is 125 cm³/mol. The summed E-state index contributed by atoms with van der Waals surface area (Å²) in [5.41, 5.74) is 1.75. The number of urea groups is 1. The Morgan fingerprint density at radius 3 is 2.67 bits per heavy atom. The fourth-order valence-electron chi connectivity index (χ4n) is 3.50. The lowest BCUT2D eigenvalue weighted by molar-refractivity contribution is 0.192. The SMILES string of the molecule is CCCCCOc1cc(N2CCCN(Cc3ccc(Br)cc3Cl)C2=O)ccc1OC. The molecule has 0 atom stereocenters. The molecule has 1 heterocycles. The average Bonchev–Trinajstić information content (AvgIpc) is 2.74. The summed E-state index contributed by atoms with van der Waals surface area (Å²) in [7, 11) is 1.63. The van der Waals surface area contributed by atoms with Gasteiger partial charge in [-0.05, 0) is 42.7 Å². The zero-order valence-electron chi connectivity index (χ0n) is 17.5. The molecule has 2 aromatic carbocycles. The smallest absolute Gasteiger partial charge is 0.324 e. The summed E-state index contributed by atoms with van der Waals surface area (Å²) in [6, 6.07) is 11.4. The summed E-state index contributed by atoms with van der Waals surface area (Å²) in [5, 5.41) is 0.654. The first-order valence-electron chi connectivity index (χ1n) is 10.3. The van der Waals surface area contributed by atoms with Gasteiger partial charge in [-0.3, -0.25) is 4.90 Å². The molecule has 0 aliphatic carbocycles. The van der Waals surface area contributed by atoms with Crippen LogP contribution in [0.15, 0.2) is 40.9 Å². The highest BCUT2D eigenvalue weighted by atomic mass is 79.9. The lowest BCUT2D eigenvalue weighted by Gasteiger charge is -2.36. The van der Waals surface area contributed by atoms with Crippen molar-refractivity contribution in [3.05, 3.63) is 51.5 Å². The molecule has 2 aromatic rings. The Labute approximate surface area is 192 Å². The van der Waals surface area contributed by atoms with E-state index in [1.54, 1.807) is 12.0 Å². The summed E-state index contributed by atoms with van der Waals surface area (Å²) in [5.74, 6) is 1.35. The molecular formula is C23H28BrClN2O3. The monoisotopic (exact) mass is 494 g/mol. The molecule has 0 spiro atoms. The average molecular weight is 496 g/mol. The van der Waals surface area contributed by atoms with Crippen LogP contribution in [-0.4, -0.2) is 37.7 Å². The zero-order valence-corrected chi connectivity index (χ0v) is 19.8. The van der Waals surface area contributed by atoms with Gasteiger partial charge >= 0.3 is 6.03 Å². The second kappa shape index (κ2) is 10.9. The first-order valence-corrected chi connectivity index (χ1v) is 11.5. The van der Waals surface area contributed by atoms with Crippen molar-refractivity contribution in [1.82, 2.24) is 4.90 Å². The van der Waals surface area contributed by atoms with Crippen LogP contribution in [-0.2, 0) is 6.54 Å². The maximum absolute atomic E-state index is 13.2. The maximum atomic E-state index is 13.2. The Morgan fingerprint density at radius 2 is 1.93 bits per heavy atom. The molecule has 0 N–H and O–H groups in total. The van der Waals surface area contributed by atoms with Gasteiger partial charge in [-0.15, -0.1) is 0 Å². The van der Waals surface area contributed by atoms with Gasteiger partial charge in [0.15, 0.2) is 11.5 Å².